The maximum Gasteiger partial charge on any atom is 0.416 e. The van der Waals surface area contributed by atoms with Crippen molar-refractivity contribution in [1.82, 2.24) is 19.7 Å². The fourth-order valence-electron chi connectivity index (χ4n) is 3.65. The number of Topliss-reactive ketones (excluding diaryl/α,β-unsaturated/α-hetero) is 1. The Kier molecular flexibility index (Phi) is 6.99. The standard InChI is InChI=1S/C25H24F3N5O2/c1-17-19(15-35-22-8-5-13-29-24(22)32(17)2)6-3-4-7-21(34)23-30-16-33(31-23)14-18-9-11-20(12-10-18)25(26,27)28/h3,5-6,8-13,16,19H,1,4,7,14-15H2,2H3/b6-3+/t19-/m0/s1. The van der Waals surface area contributed by atoms with Crippen LogP contribution in [0.5, 0.6) is 5.75 Å². The highest BCUT2D eigenvalue weighted by atomic mass is 19.4. The molecule has 1 aromatic carbocycles. The summed E-state index contributed by atoms with van der Waals surface area (Å²) < 4.78 is 45.4. The number of nitrogens with zero attached hydrogens (tertiary/aromatic N) is 5. The molecular weight excluding hydrogens is 459 g/mol. The third-order valence-corrected chi connectivity index (χ3v) is 5.66. The molecule has 2 aromatic heterocycles. The summed E-state index contributed by atoms with van der Waals surface area (Å²) in [6, 6.07) is 8.48. The minimum atomic E-state index is -4.38. The van der Waals surface area contributed by atoms with Gasteiger partial charge in [-0.25, -0.2) is 14.6 Å². The van der Waals surface area contributed by atoms with E-state index >= 15 is 0 Å². The number of aromatic nitrogens is 4. The number of allylic oxidation sites excluding steroid dienone is 1. The van der Waals surface area contributed by atoms with Crippen molar-refractivity contribution >= 4 is 11.6 Å². The number of ketones is 1. The van der Waals surface area contributed by atoms with Gasteiger partial charge < -0.3 is 9.64 Å². The van der Waals surface area contributed by atoms with E-state index in [-0.39, 0.29) is 30.5 Å². The Balaban J connectivity index is 1.29. The smallest absolute Gasteiger partial charge is 0.416 e. The SMILES string of the molecule is C=C1[C@@H](/C=C/CCC(=O)c2ncn(Cc3ccc(C(F)(F)F)cc3)n2)COc2cccnc2N1C. The van der Waals surface area contributed by atoms with E-state index in [0.717, 1.165) is 17.8 Å². The lowest BCUT2D eigenvalue weighted by atomic mass is 10.0. The average Bonchev–Trinajstić information content (AvgIpc) is 3.27. The molecule has 1 aliphatic rings. The van der Waals surface area contributed by atoms with E-state index in [9.17, 15) is 18.0 Å². The molecule has 4 rings (SSSR count). The van der Waals surface area contributed by atoms with Gasteiger partial charge in [0.05, 0.1) is 18.0 Å². The zero-order valence-electron chi connectivity index (χ0n) is 19.1. The molecule has 0 fully saturated rings. The van der Waals surface area contributed by atoms with Gasteiger partial charge in [0.15, 0.2) is 11.6 Å². The van der Waals surface area contributed by atoms with Crippen molar-refractivity contribution in [3.05, 3.63) is 90.3 Å². The Morgan fingerprint density at radius 1 is 1.23 bits per heavy atom. The Labute approximate surface area is 200 Å². The number of rotatable bonds is 7. The minimum Gasteiger partial charge on any atom is -0.489 e. The normalized spacial score (nSPS) is 16.2. The van der Waals surface area contributed by atoms with Gasteiger partial charge in [-0.15, -0.1) is 5.10 Å². The molecule has 35 heavy (non-hydrogen) atoms. The number of carbonyl (C=O) groups is 1. The molecule has 0 bridgehead atoms. The van der Waals surface area contributed by atoms with E-state index in [1.807, 2.05) is 36.2 Å². The number of carbonyl (C=O) groups excluding carboxylic acids is 1. The summed E-state index contributed by atoms with van der Waals surface area (Å²) in [6.07, 6.45) is 3.31. The predicted molar refractivity (Wildman–Crippen MR) is 124 cm³/mol. The molecule has 0 aliphatic carbocycles. The quantitative estimate of drug-likeness (QED) is 0.351. The molecule has 0 saturated carbocycles. The van der Waals surface area contributed by atoms with Gasteiger partial charge in [-0.3, -0.25) is 4.79 Å². The van der Waals surface area contributed by atoms with Crippen LogP contribution in [0.25, 0.3) is 0 Å². The third-order valence-electron chi connectivity index (χ3n) is 5.66. The summed E-state index contributed by atoms with van der Waals surface area (Å²) in [5, 5.41) is 4.16. The van der Waals surface area contributed by atoms with Crippen LogP contribution in [0.4, 0.5) is 19.0 Å². The summed E-state index contributed by atoms with van der Waals surface area (Å²) in [6.45, 7) is 4.79. The van der Waals surface area contributed by atoms with Crippen molar-refractivity contribution in [3.63, 3.8) is 0 Å². The molecule has 1 aliphatic heterocycles. The van der Waals surface area contributed by atoms with Crippen LogP contribution in [0.2, 0.25) is 0 Å². The average molecular weight is 483 g/mol. The Bertz CT molecular complexity index is 1230. The fourth-order valence-corrected chi connectivity index (χ4v) is 3.65. The molecule has 1 atom stereocenters. The first-order chi connectivity index (χ1) is 16.7. The number of ether oxygens (including phenoxy) is 1. The molecule has 0 spiro atoms. The Morgan fingerprint density at radius 3 is 2.74 bits per heavy atom. The van der Waals surface area contributed by atoms with E-state index in [4.69, 9.17) is 4.74 Å². The fraction of sp³-hybridized carbons (Fsp3) is 0.280. The maximum atomic E-state index is 12.7. The van der Waals surface area contributed by atoms with Crippen LogP contribution in [0.15, 0.2) is 73.4 Å². The van der Waals surface area contributed by atoms with Crippen LogP contribution in [0.1, 0.15) is 34.6 Å². The Hall–Kier alpha value is -3.95. The summed E-state index contributed by atoms with van der Waals surface area (Å²) in [5.74, 6) is 1.20. The van der Waals surface area contributed by atoms with Gasteiger partial charge in [0, 0.05) is 25.4 Å². The molecule has 0 amide bonds. The summed E-state index contributed by atoms with van der Waals surface area (Å²) in [7, 11) is 1.89. The maximum absolute atomic E-state index is 12.7. The summed E-state index contributed by atoms with van der Waals surface area (Å²) in [5.41, 5.74) is 0.752. The molecule has 0 unspecified atom stereocenters. The van der Waals surface area contributed by atoms with Gasteiger partial charge >= 0.3 is 6.18 Å². The van der Waals surface area contributed by atoms with E-state index < -0.39 is 11.7 Å². The molecule has 0 saturated heterocycles. The molecular formula is C25H24F3N5O2. The highest BCUT2D eigenvalue weighted by Gasteiger charge is 2.30. The van der Waals surface area contributed by atoms with E-state index in [1.165, 1.54) is 23.1 Å². The second-order valence-electron chi connectivity index (χ2n) is 8.14. The van der Waals surface area contributed by atoms with Crippen LogP contribution in [0.3, 0.4) is 0 Å². The van der Waals surface area contributed by atoms with Crippen molar-refractivity contribution in [3.8, 4) is 5.75 Å². The lowest BCUT2D eigenvalue weighted by molar-refractivity contribution is -0.137. The number of anilines is 1. The van der Waals surface area contributed by atoms with Crippen LogP contribution >= 0.6 is 0 Å². The molecule has 182 valence electrons. The van der Waals surface area contributed by atoms with E-state index in [2.05, 4.69) is 21.6 Å². The van der Waals surface area contributed by atoms with Gasteiger partial charge in [-0.05, 0) is 36.2 Å². The van der Waals surface area contributed by atoms with Gasteiger partial charge in [-0.2, -0.15) is 13.2 Å². The van der Waals surface area contributed by atoms with Crippen molar-refractivity contribution < 1.29 is 22.7 Å². The van der Waals surface area contributed by atoms with Gasteiger partial charge in [-0.1, -0.05) is 30.9 Å². The number of benzene rings is 1. The number of fused-ring (bicyclic) bond motifs is 1. The first kappa shape index (κ1) is 24.2. The summed E-state index contributed by atoms with van der Waals surface area (Å²) in [4.78, 5) is 22.8. The van der Waals surface area contributed by atoms with Crippen LogP contribution < -0.4 is 9.64 Å². The minimum absolute atomic E-state index is 0.0645. The topological polar surface area (TPSA) is 73.1 Å². The number of alkyl halides is 3. The van der Waals surface area contributed by atoms with Crippen molar-refractivity contribution in [2.45, 2.75) is 25.6 Å². The monoisotopic (exact) mass is 483 g/mol. The summed E-state index contributed by atoms with van der Waals surface area (Å²) >= 11 is 0. The first-order valence-corrected chi connectivity index (χ1v) is 11.0. The van der Waals surface area contributed by atoms with Gasteiger partial charge in [0.2, 0.25) is 11.6 Å². The molecule has 0 radical (unpaired) electrons. The second-order valence-corrected chi connectivity index (χ2v) is 8.14. The predicted octanol–water partition coefficient (Wildman–Crippen LogP) is 4.92. The number of hydrogen-bond donors (Lipinski definition) is 0. The highest BCUT2D eigenvalue weighted by molar-refractivity contribution is 5.92. The van der Waals surface area contributed by atoms with Crippen LogP contribution in [-0.4, -0.2) is 39.2 Å². The highest BCUT2D eigenvalue weighted by Crippen LogP contribution is 2.33. The largest absolute Gasteiger partial charge is 0.489 e. The molecule has 7 nitrogen and oxygen atoms in total. The third kappa shape index (κ3) is 5.76. The second kappa shape index (κ2) is 10.1. The van der Waals surface area contributed by atoms with Crippen molar-refractivity contribution in [2.75, 3.05) is 18.6 Å². The van der Waals surface area contributed by atoms with Crippen molar-refractivity contribution in [2.24, 2.45) is 5.92 Å². The molecule has 3 aromatic rings. The number of halogens is 3. The van der Waals surface area contributed by atoms with Crippen LogP contribution in [-0.2, 0) is 12.7 Å². The number of hydrogen-bond acceptors (Lipinski definition) is 6. The molecule has 3 heterocycles. The lowest BCUT2D eigenvalue weighted by Crippen LogP contribution is -2.22. The zero-order chi connectivity index (χ0) is 25.0. The number of pyridine rings is 1. The van der Waals surface area contributed by atoms with Crippen molar-refractivity contribution in [1.29, 1.82) is 0 Å². The van der Waals surface area contributed by atoms with Gasteiger partial charge in [0.25, 0.3) is 0 Å². The van der Waals surface area contributed by atoms with Crippen LogP contribution in [0, 0.1) is 5.92 Å². The lowest BCUT2D eigenvalue weighted by Gasteiger charge is -2.21. The van der Waals surface area contributed by atoms with E-state index in [1.54, 1.807) is 6.20 Å². The zero-order valence-corrected chi connectivity index (χ0v) is 19.1. The molecule has 0 N–H and O–H groups in total. The van der Waals surface area contributed by atoms with Gasteiger partial charge in [0.1, 0.15) is 12.9 Å². The first-order valence-electron chi connectivity index (χ1n) is 11.0. The van der Waals surface area contributed by atoms with E-state index in [0.29, 0.717) is 30.2 Å². The molecule has 10 heteroatoms. The Morgan fingerprint density at radius 2 is 2.00 bits per heavy atom.